The Kier molecular flexibility index (Phi) is 3.37. The van der Waals surface area contributed by atoms with E-state index in [1.807, 2.05) is 0 Å². The van der Waals surface area contributed by atoms with Gasteiger partial charge in [-0.15, -0.1) is 0 Å². The van der Waals surface area contributed by atoms with Crippen molar-refractivity contribution in [3.63, 3.8) is 0 Å². The molecule has 2 nitrogen and oxygen atoms in total. The van der Waals surface area contributed by atoms with Crippen molar-refractivity contribution in [1.29, 1.82) is 0 Å². The van der Waals surface area contributed by atoms with Crippen LogP contribution < -0.4 is 0 Å². The number of nitrogens with zero attached hydrogens (tertiary/aromatic N) is 1. The summed E-state index contributed by atoms with van der Waals surface area (Å²) in [5.41, 5.74) is -4.56. The number of pyridine rings is 1. The molecule has 0 spiro atoms. The van der Waals surface area contributed by atoms with E-state index >= 15 is 0 Å². The molecule has 0 N–H and O–H groups in total. The zero-order valence-corrected chi connectivity index (χ0v) is 8.41. The SMILES string of the molecule is O=C(Cl)c1cc(C(F)(F)F)cc(C(F)(F)F)n1. The molecule has 0 bridgehead atoms. The fraction of sp³-hybridized carbons (Fsp3) is 0.250. The molecule has 0 aliphatic heterocycles. The van der Waals surface area contributed by atoms with Gasteiger partial charge < -0.3 is 0 Å². The molecular formula is C8H2ClF6NO. The Hall–Kier alpha value is -1.31. The van der Waals surface area contributed by atoms with Crippen LogP contribution in [0.15, 0.2) is 12.1 Å². The topological polar surface area (TPSA) is 30.0 Å². The predicted molar refractivity (Wildman–Crippen MR) is 44.4 cm³/mol. The van der Waals surface area contributed by atoms with Gasteiger partial charge in [-0.1, -0.05) is 0 Å². The third-order valence-corrected chi connectivity index (χ3v) is 1.84. The van der Waals surface area contributed by atoms with Gasteiger partial charge >= 0.3 is 12.4 Å². The lowest BCUT2D eigenvalue weighted by atomic mass is 10.2. The molecule has 0 atom stereocenters. The summed E-state index contributed by atoms with van der Waals surface area (Å²) >= 11 is 4.81. The summed E-state index contributed by atoms with van der Waals surface area (Å²) in [6, 6.07) is -0.0338. The molecular weight excluding hydrogens is 276 g/mol. The Morgan fingerprint density at radius 3 is 1.94 bits per heavy atom. The van der Waals surface area contributed by atoms with Crippen LogP contribution in [0.5, 0.6) is 0 Å². The van der Waals surface area contributed by atoms with Crippen molar-refractivity contribution >= 4 is 16.8 Å². The number of carbonyl (C=O) groups excluding carboxylic acids is 1. The zero-order chi connectivity index (χ0) is 13.4. The van der Waals surface area contributed by atoms with E-state index in [1.165, 1.54) is 0 Å². The first-order chi connectivity index (χ1) is 7.51. The minimum Gasteiger partial charge on any atom is -0.274 e. The van der Waals surface area contributed by atoms with E-state index in [0.29, 0.717) is 0 Å². The highest BCUT2D eigenvalue weighted by molar-refractivity contribution is 6.67. The van der Waals surface area contributed by atoms with E-state index < -0.39 is 34.5 Å². The third-order valence-electron chi connectivity index (χ3n) is 1.64. The monoisotopic (exact) mass is 277 g/mol. The van der Waals surface area contributed by atoms with Crippen molar-refractivity contribution < 1.29 is 31.1 Å². The lowest BCUT2D eigenvalue weighted by Crippen LogP contribution is -2.15. The van der Waals surface area contributed by atoms with Crippen molar-refractivity contribution in [2.24, 2.45) is 0 Å². The fourth-order valence-corrected chi connectivity index (χ4v) is 1.04. The molecule has 1 aromatic heterocycles. The Morgan fingerprint density at radius 1 is 1.06 bits per heavy atom. The Morgan fingerprint density at radius 2 is 1.59 bits per heavy atom. The normalized spacial score (nSPS) is 12.6. The standard InChI is InChI=1S/C8H2ClF6NO/c9-6(17)4-1-3(7(10,11)12)2-5(16-4)8(13,14)15/h1-2H. The quantitative estimate of drug-likeness (QED) is 0.581. The van der Waals surface area contributed by atoms with E-state index in [4.69, 9.17) is 11.6 Å². The van der Waals surface area contributed by atoms with E-state index in [-0.39, 0.29) is 12.1 Å². The Bertz CT molecular complexity index is 420. The van der Waals surface area contributed by atoms with Crippen LogP contribution in [0.2, 0.25) is 0 Å². The summed E-state index contributed by atoms with van der Waals surface area (Å²) < 4.78 is 73.4. The maximum Gasteiger partial charge on any atom is 0.433 e. The van der Waals surface area contributed by atoms with Crippen LogP contribution >= 0.6 is 11.6 Å². The molecule has 0 unspecified atom stereocenters. The first kappa shape index (κ1) is 13.8. The Balaban J connectivity index is 3.45. The number of alkyl halides is 6. The van der Waals surface area contributed by atoms with Gasteiger partial charge in [0.15, 0.2) is 0 Å². The molecule has 0 aromatic carbocycles. The molecule has 0 aliphatic rings. The molecule has 0 saturated heterocycles. The number of hydrogen-bond acceptors (Lipinski definition) is 2. The summed E-state index contributed by atoms with van der Waals surface area (Å²) in [6.07, 6.45) is -10.1. The second kappa shape index (κ2) is 4.17. The predicted octanol–water partition coefficient (Wildman–Crippen LogP) is 3.50. The number of aromatic nitrogens is 1. The van der Waals surface area contributed by atoms with Crippen molar-refractivity contribution in [2.45, 2.75) is 12.4 Å². The molecule has 1 rings (SSSR count). The summed E-state index contributed by atoms with van der Waals surface area (Å²) in [4.78, 5) is 13.3. The van der Waals surface area contributed by atoms with Gasteiger partial charge in [0.05, 0.1) is 5.56 Å². The number of carbonyl (C=O) groups is 1. The molecule has 0 fully saturated rings. The van der Waals surface area contributed by atoms with Crippen LogP contribution in [0, 0.1) is 0 Å². The molecule has 0 amide bonds. The second-order valence-electron chi connectivity index (χ2n) is 2.90. The van der Waals surface area contributed by atoms with E-state index in [1.54, 1.807) is 0 Å². The fourth-order valence-electron chi connectivity index (χ4n) is 0.940. The van der Waals surface area contributed by atoms with Crippen LogP contribution in [-0.2, 0) is 12.4 Å². The van der Waals surface area contributed by atoms with Crippen molar-refractivity contribution in [3.05, 3.63) is 29.1 Å². The summed E-state index contributed by atoms with van der Waals surface area (Å²) in [7, 11) is 0. The molecule has 1 aromatic rings. The van der Waals surface area contributed by atoms with Crippen LogP contribution in [0.3, 0.4) is 0 Å². The summed E-state index contributed by atoms with van der Waals surface area (Å²) in [5, 5.41) is -1.50. The van der Waals surface area contributed by atoms with Crippen molar-refractivity contribution in [3.8, 4) is 0 Å². The van der Waals surface area contributed by atoms with E-state index in [2.05, 4.69) is 4.98 Å². The lowest BCUT2D eigenvalue weighted by molar-refractivity contribution is -0.145. The lowest BCUT2D eigenvalue weighted by Gasteiger charge is -2.11. The number of hydrogen-bond donors (Lipinski definition) is 0. The highest BCUT2D eigenvalue weighted by Gasteiger charge is 2.38. The maximum absolute atomic E-state index is 12.2. The van der Waals surface area contributed by atoms with Crippen LogP contribution in [-0.4, -0.2) is 10.2 Å². The van der Waals surface area contributed by atoms with Gasteiger partial charge in [0.2, 0.25) is 0 Å². The molecule has 94 valence electrons. The molecule has 0 aliphatic carbocycles. The third kappa shape index (κ3) is 3.32. The second-order valence-corrected chi connectivity index (χ2v) is 3.24. The molecule has 9 heteroatoms. The van der Waals surface area contributed by atoms with Crippen LogP contribution in [0.4, 0.5) is 26.3 Å². The van der Waals surface area contributed by atoms with Gasteiger partial charge in [0, 0.05) is 0 Å². The molecule has 0 radical (unpaired) electrons. The maximum atomic E-state index is 12.2. The zero-order valence-electron chi connectivity index (χ0n) is 7.66. The minimum atomic E-state index is -5.09. The van der Waals surface area contributed by atoms with Gasteiger partial charge in [-0.05, 0) is 23.7 Å². The largest absolute Gasteiger partial charge is 0.433 e. The smallest absolute Gasteiger partial charge is 0.274 e. The van der Waals surface area contributed by atoms with Crippen LogP contribution in [0.25, 0.3) is 0 Å². The summed E-state index contributed by atoms with van der Waals surface area (Å²) in [5.74, 6) is 0. The molecule has 17 heavy (non-hydrogen) atoms. The van der Waals surface area contributed by atoms with Gasteiger partial charge in [-0.3, -0.25) is 4.79 Å². The molecule has 0 saturated carbocycles. The number of rotatable bonds is 1. The highest BCUT2D eigenvalue weighted by atomic mass is 35.5. The van der Waals surface area contributed by atoms with E-state index in [0.717, 1.165) is 0 Å². The van der Waals surface area contributed by atoms with Crippen molar-refractivity contribution in [1.82, 2.24) is 4.98 Å². The first-order valence-corrected chi connectivity index (χ1v) is 4.26. The van der Waals surface area contributed by atoms with Gasteiger partial charge in [-0.2, -0.15) is 26.3 Å². The first-order valence-electron chi connectivity index (χ1n) is 3.88. The van der Waals surface area contributed by atoms with Gasteiger partial charge in [0.1, 0.15) is 11.4 Å². The summed E-state index contributed by atoms with van der Waals surface area (Å²) in [6.45, 7) is 0. The van der Waals surface area contributed by atoms with Gasteiger partial charge in [-0.25, -0.2) is 4.98 Å². The molecule has 1 heterocycles. The van der Waals surface area contributed by atoms with Gasteiger partial charge in [0.25, 0.3) is 5.24 Å². The minimum absolute atomic E-state index is 0.157. The average Bonchev–Trinajstić information content (AvgIpc) is 2.14. The highest BCUT2D eigenvalue weighted by Crippen LogP contribution is 2.34. The number of halogens is 7. The van der Waals surface area contributed by atoms with E-state index in [9.17, 15) is 31.1 Å². The Labute approximate surface area is 95.2 Å². The van der Waals surface area contributed by atoms with Crippen molar-refractivity contribution in [2.75, 3.05) is 0 Å². The van der Waals surface area contributed by atoms with Crippen LogP contribution in [0.1, 0.15) is 21.7 Å². The average molecular weight is 278 g/mol.